The first kappa shape index (κ1) is 37.1. The molecule has 0 bridgehead atoms. The molecule has 0 saturated carbocycles. The minimum absolute atomic E-state index is 0.109. The van der Waals surface area contributed by atoms with Crippen molar-refractivity contribution in [1.29, 1.82) is 0 Å². The summed E-state index contributed by atoms with van der Waals surface area (Å²) in [5.41, 5.74) is -0.143. The summed E-state index contributed by atoms with van der Waals surface area (Å²) in [7, 11) is 3.16. The zero-order chi connectivity index (χ0) is 37.5. The minimum Gasteiger partial charge on any atom is -0.497 e. The van der Waals surface area contributed by atoms with Crippen molar-refractivity contribution in [3.05, 3.63) is 169 Å². The summed E-state index contributed by atoms with van der Waals surface area (Å²) in [6, 6.07) is 31.8. The Morgan fingerprint density at radius 1 is 0.868 bits per heavy atom. The van der Waals surface area contributed by atoms with Gasteiger partial charge in [-0.05, 0) is 53.9 Å². The molecule has 1 aliphatic heterocycles. The third-order valence-corrected chi connectivity index (χ3v) is 9.22. The van der Waals surface area contributed by atoms with Crippen LogP contribution in [0, 0.1) is 10.1 Å². The average molecular weight is 726 g/mol. The number of methoxy groups -OCH3 is 2. The lowest BCUT2D eigenvalue weighted by Gasteiger charge is -2.37. The first-order chi connectivity index (χ1) is 25.7. The van der Waals surface area contributed by atoms with E-state index in [0.717, 1.165) is 27.3 Å². The highest BCUT2D eigenvalue weighted by molar-refractivity contribution is 5.50. The summed E-state index contributed by atoms with van der Waals surface area (Å²) in [6.45, 7) is 1.07. The van der Waals surface area contributed by atoms with Gasteiger partial charge in [-0.1, -0.05) is 66.7 Å². The van der Waals surface area contributed by atoms with Gasteiger partial charge in [0.1, 0.15) is 42.2 Å². The zero-order valence-corrected chi connectivity index (χ0v) is 29.2. The number of hydrogen-bond donors (Lipinski definition) is 2. The molecule has 6 rings (SSSR count). The molecule has 14 nitrogen and oxygen atoms in total. The number of H-pyrrole nitrogens is 1. The number of aliphatic hydroxyl groups excluding tert-OH is 1. The maximum absolute atomic E-state index is 12.9. The Bertz CT molecular complexity index is 2060. The van der Waals surface area contributed by atoms with Crippen LogP contribution in [0.2, 0.25) is 0 Å². The van der Waals surface area contributed by atoms with Crippen LogP contribution >= 0.6 is 0 Å². The lowest BCUT2D eigenvalue weighted by Crippen LogP contribution is -2.41. The predicted octanol–water partition coefficient (Wildman–Crippen LogP) is 4.85. The van der Waals surface area contributed by atoms with Crippen LogP contribution in [-0.2, 0) is 24.5 Å². The van der Waals surface area contributed by atoms with Crippen molar-refractivity contribution in [2.45, 2.75) is 43.2 Å². The number of aromatic amines is 1. The third kappa shape index (κ3) is 7.77. The molecule has 1 fully saturated rings. The smallest absolute Gasteiger partial charge is 0.330 e. The van der Waals surface area contributed by atoms with E-state index in [0.29, 0.717) is 17.1 Å². The van der Waals surface area contributed by atoms with Gasteiger partial charge < -0.3 is 33.5 Å². The van der Waals surface area contributed by atoms with Crippen LogP contribution in [0.4, 0.5) is 5.69 Å². The average Bonchev–Trinajstić information content (AvgIpc) is 3.49. The molecule has 2 heterocycles. The minimum atomic E-state index is -1.44. The summed E-state index contributed by atoms with van der Waals surface area (Å²) in [6.07, 6.45) is -4.37. The van der Waals surface area contributed by atoms with E-state index >= 15 is 0 Å². The summed E-state index contributed by atoms with van der Waals surface area (Å²) in [5.74, 6) is 1.29. The molecular weight excluding hydrogens is 686 g/mol. The summed E-state index contributed by atoms with van der Waals surface area (Å²) >= 11 is 0. The second kappa shape index (κ2) is 16.4. The van der Waals surface area contributed by atoms with E-state index in [1.807, 2.05) is 78.9 Å². The zero-order valence-electron chi connectivity index (χ0n) is 29.2. The molecule has 276 valence electrons. The van der Waals surface area contributed by atoms with Gasteiger partial charge in [-0.25, -0.2) is 4.79 Å². The van der Waals surface area contributed by atoms with Gasteiger partial charge in [0.25, 0.3) is 11.2 Å². The molecule has 4 aromatic carbocycles. The van der Waals surface area contributed by atoms with E-state index in [-0.39, 0.29) is 12.3 Å². The van der Waals surface area contributed by atoms with Crippen molar-refractivity contribution in [3.63, 3.8) is 0 Å². The monoisotopic (exact) mass is 725 g/mol. The molecule has 5 aromatic rings. The maximum Gasteiger partial charge on any atom is 0.330 e. The first-order valence-electron chi connectivity index (χ1n) is 16.8. The van der Waals surface area contributed by atoms with Gasteiger partial charge in [-0.2, -0.15) is 0 Å². The fourth-order valence-electron chi connectivity index (χ4n) is 6.51. The number of ether oxygens (including phenoxy) is 6. The topological polar surface area (TPSA) is 174 Å². The molecule has 2 N–H and O–H groups in total. The lowest BCUT2D eigenvalue weighted by molar-refractivity contribution is -0.386. The quantitative estimate of drug-likeness (QED) is 0.0654. The number of aliphatic hydroxyl groups is 1. The van der Waals surface area contributed by atoms with Crippen LogP contribution in [0.15, 0.2) is 125 Å². The molecule has 14 heteroatoms. The Balaban J connectivity index is 1.36. The molecule has 0 aliphatic carbocycles. The van der Waals surface area contributed by atoms with Crippen molar-refractivity contribution >= 4 is 5.69 Å². The first-order valence-corrected chi connectivity index (χ1v) is 16.8. The van der Waals surface area contributed by atoms with Crippen molar-refractivity contribution in [3.8, 4) is 11.5 Å². The van der Waals surface area contributed by atoms with E-state index in [1.54, 1.807) is 39.3 Å². The highest BCUT2D eigenvalue weighted by Crippen LogP contribution is 2.43. The van der Waals surface area contributed by atoms with Crippen LogP contribution < -0.4 is 20.7 Å². The largest absolute Gasteiger partial charge is 0.497 e. The molecule has 0 radical (unpaired) electrons. The van der Waals surface area contributed by atoms with E-state index in [4.69, 9.17) is 28.4 Å². The number of nitrogens with zero attached hydrogens (tertiary/aromatic N) is 2. The highest BCUT2D eigenvalue weighted by atomic mass is 16.7. The van der Waals surface area contributed by atoms with Crippen molar-refractivity contribution in [1.82, 2.24) is 9.55 Å². The van der Waals surface area contributed by atoms with Gasteiger partial charge in [-0.3, -0.25) is 24.5 Å². The van der Waals surface area contributed by atoms with Gasteiger partial charge in [0.15, 0.2) is 6.23 Å². The van der Waals surface area contributed by atoms with Crippen LogP contribution in [0.3, 0.4) is 0 Å². The number of aromatic nitrogens is 2. The molecule has 5 atom stereocenters. The molecular formula is C39H39N3O11. The van der Waals surface area contributed by atoms with E-state index in [2.05, 4.69) is 4.98 Å². The number of hydrogen-bond acceptors (Lipinski definition) is 11. The van der Waals surface area contributed by atoms with Gasteiger partial charge in [-0.15, -0.1) is 0 Å². The fraction of sp³-hybridized carbons (Fsp3) is 0.282. The van der Waals surface area contributed by atoms with Gasteiger partial charge >= 0.3 is 5.69 Å². The number of benzene rings is 4. The van der Waals surface area contributed by atoms with E-state index in [9.17, 15) is 24.8 Å². The lowest BCUT2D eigenvalue weighted by atomic mass is 9.80. The summed E-state index contributed by atoms with van der Waals surface area (Å²) < 4.78 is 37.3. The number of rotatable bonds is 15. The van der Waals surface area contributed by atoms with Crippen molar-refractivity contribution < 1.29 is 38.5 Å². The van der Waals surface area contributed by atoms with Gasteiger partial charge in [0.2, 0.25) is 0 Å². The second-order valence-electron chi connectivity index (χ2n) is 12.3. The highest BCUT2D eigenvalue weighted by Gasteiger charge is 2.48. The van der Waals surface area contributed by atoms with E-state index < -0.39 is 59.2 Å². The molecule has 0 spiro atoms. The molecule has 2 unspecified atom stereocenters. The normalized spacial score (nSPS) is 19.1. The Hall–Kier alpha value is -5.64. The molecule has 0 amide bonds. The Morgan fingerprint density at radius 3 is 2.04 bits per heavy atom. The number of para-hydroxylation sites is 1. The molecule has 1 aromatic heterocycles. The van der Waals surface area contributed by atoms with Crippen LogP contribution in [0.25, 0.3) is 0 Å². The van der Waals surface area contributed by atoms with Gasteiger partial charge in [0, 0.05) is 18.3 Å². The number of nitro groups is 1. The second-order valence-corrected chi connectivity index (χ2v) is 12.3. The standard InChI is InChI=1S/C39H39N3O11/c1-25(31-11-7-8-12-32(31)42(46)47)50-24-51-36-33(53-37(35(36)44)41-22-21-34(43)40-38(41)45)23-52-39(26-9-5-4-6-10-26,27-13-17-29(48-2)18-14-27)28-15-19-30(49-3)20-16-28/h4-22,25,33,35-37,44H,23-24H2,1-3H3,(H,40,43,45)/t25?,33-,35+,36?,37-/m1/s1. The van der Waals surface area contributed by atoms with Crippen LogP contribution in [0.5, 0.6) is 11.5 Å². The van der Waals surface area contributed by atoms with E-state index in [1.165, 1.54) is 12.3 Å². The van der Waals surface area contributed by atoms with Gasteiger partial charge in [0.05, 0.1) is 37.4 Å². The molecule has 1 aliphatic rings. The predicted molar refractivity (Wildman–Crippen MR) is 192 cm³/mol. The maximum atomic E-state index is 12.9. The third-order valence-electron chi connectivity index (χ3n) is 9.22. The number of nitro benzene ring substituents is 1. The molecule has 1 saturated heterocycles. The van der Waals surface area contributed by atoms with Crippen molar-refractivity contribution in [2.75, 3.05) is 27.6 Å². The van der Waals surface area contributed by atoms with Crippen LogP contribution in [0.1, 0.15) is 41.5 Å². The SMILES string of the molecule is COc1ccc(C(OC[C@H]2O[C@@H](n3ccc(=O)[nH]c3=O)[C@@H](O)C2OCOC(C)c2ccccc2[N+](=O)[O-])(c2ccccc2)c2ccc(OC)cc2)cc1. The Morgan fingerprint density at radius 2 is 1.45 bits per heavy atom. The Kier molecular flexibility index (Phi) is 11.5. The van der Waals surface area contributed by atoms with Crippen LogP contribution in [-0.4, -0.2) is 65.5 Å². The summed E-state index contributed by atoms with van der Waals surface area (Å²) in [4.78, 5) is 38.0. The fourth-order valence-corrected chi connectivity index (χ4v) is 6.51. The summed E-state index contributed by atoms with van der Waals surface area (Å²) in [5, 5.41) is 23.3. The Labute approximate surface area is 304 Å². The number of nitrogens with one attached hydrogen (secondary N) is 1. The molecule has 53 heavy (non-hydrogen) atoms. The van der Waals surface area contributed by atoms with Crippen molar-refractivity contribution in [2.24, 2.45) is 0 Å².